The third-order valence-electron chi connectivity index (χ3n) is 8.26. The second-order valence-corrected chi connectivity index (χ2v) is 13.3. The highest BCUT2D eigenvalue weighted by atomic mass is 35.5. The first kappa shape index (κ1) is 36.6. The zero-order valence-corrected chi connectivity index (χ0v) is 28.7. The fraction of sp³-hybridized carbons (Fsp3) is 0.432. The number of nitriles is 1. The topological polar surface area (TPSA) is 101 Å². The van der Waals surface area contributed by atoms with E-state index in [0.29, 0.717) is 31.2 Å². The minimum Gasteiger partial charge on any atom is -0.488 e. The normalized spacial score (nSPS) is 16.8. The molecule has 2 amide bonds. The summed E-state index contributed by atoms with van der Waals surface area (Å²) in [5, 5.41) is 12.8. The van der Waals surface area contributed by atoms with Gasteiger partial charge in [0.15, 0.2) is 11.6 Å². The van der Waals surface area contributed by atoms with Crippen molar-refractivity contribution in [2.75, 3.05) is 26.9 Å². The molecule has 0 saturated heterocycles. The van der Waals surface area contributed by atoms with E-state index in [1.54, 1.807) is 25.7 Å². The molecule has 1 unspecified atom stereocenters. The Hall–Kier alpha value is -4.20. The Bertz CT molecular complexity index is 1630. The Morgan fingerprint density at radius 3 is 2.35 bits per heavy atom. The molecule has 0 heterocycles. The third-order valence-corrected chi connectivity index (χ3v) is 8.57. The molecule has 0 radical (unpaired) electrons. The van der Waals surface area contributed by atoms with E-state index in [1.165, 1.54) is 32.2 Å². The predicted octanol–water partition coefficient (Wildman–Crippen LogP) is 8.00. The molecule has 1 aliphatic carbocycles. The zero-order valence-electron chi connectivity index (χ0n) is 27.9. The van der Waals surface area contributed by atoms with Crippen LogP contribution in [-0.2, 0) is 14.3 Å². The van der Waals surface area contributed by atoms with E-state index in [2.05, 4.69) is 5.32 Å². The van der Waals surface area contributed by atoms with Crippen LogP contribution in [0, 0.1) is 23.0 Å². The molecule has 0 bridgehead atoms. The molecule has 8 nitrogen and oxygen atoms in total. The lowest BCUT2D eigenvalue weighted by atomic mass is 9.85. The molecular weight excluding hydrogens is 640 g/mol. The molecule has 1 atom stereocenters. The van der Waals surface area contributed by atoms with Crippen LogP contribution in [0.25, 0.3) is 11.1 Å². The maximum absolute atomic E-state index is 16.1. The van der Waals surface area contributed by atoms with Crippen molar-refractivity contribution in [1.82, 2.24) is 10.2 Å². The highest BCUT2D eigenvalue weighted by Gasteiger charge is 2.35. The lowest BCUT2D eigenvalue weighted by Gasteiger charge is -2.39. The van der Waals surface area contributed by atoms with E-state index < -0.39 is 29.2 Å². The molecule has 3 aromatic rings. The van der Waals surface area contributed by atoms with Crippen LogP contribution in [0.15, 0.2) is 54.6 Å². The number of hydrogen-bond acceptors (Lipinski definition) is 6. The molecule has 0 aliphatic heterocycles. The second-order valence-electron chi connectivity index (χ2n) is 12.9. The number of carbonyl (C=O) groups excluding carboxylic acids is 2. The van der Waals surface area contributed by atoms with Gasteiger partial charge in [0.2, 0.25) is 5.91 Å². The molecule has 4 rings (SSSR count). The molecule has 0 aromatic heterocycles. The first-order valence-electron chi connectivity index (χ1n) is 16.0. The number of halogens is 3. The average Bonchev–Trinajstić information content (AvgIpc) is 3.03. The summed E-state index contributed by atoms with van der Waals surface area (Å²) in [5.41, 5.74) is 0.0720. The second kappa shape index (κ2) is 16.3. The maximum atomic E-state index is 16.1. The van der Waals surface area contributed by atoms with Gasteiger partial charge in [0.25, 0.3) is 0 Å². The molecule has 48 heavy (non-hydrogen) atoms. The van der Waals surface area contributed by atoms with E-state index in [-0.39, 0.29) is 70.8 Å². The van der Waals surface area contributed by atoms with Crippen molar-refractivity contribution in [2.45, 2.75) is 77.0 Å². The Morgan fingerprint density at radius 2 is 1.75 bits per heavy atom. The minimum absolute atomic E-state index is 0.00103. The van der Waals surface area contributed by atoms with Gasteiger partial charge in [0.05, 0.1) is 23.3 Å². The highest BCUT2D eigenvalue weighted by Crippen LogP contribution is 2.41. The van der Waals surface area contributed by atoms with Gasteiger partial charge in [0, 0.05) is 49.7 Å². The summed E-state index contributed by atoms with van der Waals surface area (Å²) < 4.78 is 48.6. The fourth-order valence-corrected chi connectivity index (χ4v) is 6.31. The van der Waals surface area contributed by atoms with Crippen LogP contribution < -0.4 is 10.1 Å². The van der Waals surface area contributed by atoms with Crippen LogP contribution in [0.4, 0.5) is 13.6 Å². The number of methoxy groups -OCH3 is 1. The van der Waals surface area contributed by atoms with Crippen molar-refractivity contribution in [2.24, 2.45) is 0 Å². The summed E-state index contributed by atoms with van der Waals surface area (Å²) >= 11 is 6.58. The largest absolute Gasteiger partial charge is 0.488 e. The van der Waals surface area contributed by atoms with Crippen molar-refractivity contribution in [3.8, 4) is 22.9 Å². The van der Waals surface area contributed by atoms with E-state index in [0.717, 1.165) is 6.07 Å². The van der Waals surface area contributed by atoms with Gasteiger partial charge in [0.1, 0.15) is 18.0 Å². The van der Waals surface area contributed by atoms with Gasteiger partial charge in [-0.05, 0) is 81.8 Å². The van der Waals surface area contributed by atoms with Crippen LogP contribution in [0.3, 0.4) is 0 Å². The van der Waals surface area contributed by atoms with Gasteiger partial charge in [-0.3, -0.25) is 4.79 Å². The summed E-state index contributed by atoms with van der Waals surface area (Å²) in [7, 11) is 1.49. The smallest absolute Gasteiger partial charge is 0.410 e. The van der Waals surface area contributed by atoms with E-state index in [1.807, 2.05) is 36.4 Å². The third kappa shape index (κ3) is 9.24. The van der Waals surface area contributed by atoms with Crippen molar-refractivity contribution in [3.05, 3.63) is 87.9 Å². The zero-order chi connectivity index (χ0) is 35.0. The van der Waals surface area contributed by atoms with Gasteiger partial charge < -0.3 is 24.4 Å². The van der Waals surface area contributed by atoms with Crippen LogP contribution in [0.2, 0.25) is 5.02 Å². The SMILES string of the molecule is COCCOc1ccc(C#N)c(-c2cc(C(CN(C(=O)OC(C)(C)C)C3CCC(NC(C)=O)CC3)c3ccccc3)c(F)cc2Cl)c1F. The molecule has 1 aliphatic rings. The number of nitrogens with zero attached hydrogens (tertiary/aromatic N) is 2. The summed E-state index contributed by atoms with van der Waals surface area (Å²) in [6.45, 7) is 7.16. The molecule has 11 heteroatoms. The Balaban J connectivity index is 1.82. The first-order valence-corrected chi connectivity index (χ1v) is 16.4. The summed E-state index contributed by atoms with van der Waals surface area (Å²) in [6.07, 6.45) is 2.00. The van der Waals surface area contributed by atoms with Gasteiger partial charge in [-0.15, -0.1) is 0 Å². The van der Waals surface area contributed by atoms with Crippen LogP contribution in [0.1, 0.15) is 76.0 Å². The number of rotatable bonds is 11. The average molecular weight is 682 g/mol. The number of nitrogens with one attached hydrogen (secondary N) is 1. The summed E-state index contributed by atoms with van der Waals surface area (Å²) in [6, 6.07) is 16.3. The lowest BCUT2D eigenvalue weighted by Crippen LogP contribution is -2.49. The molecule has 0 spiro atoms. The standard InChI is InChI=1S/C37H42ClF2N3O5/c1-23(44)42-26-12-14-27(15-13-26)43(36(45)48-37(2,3)4)22-30(24-9-7-6-8-10-24)28-19-29(31(38)20-32(28)39)34-25(21-41)11-16-33(35(34)40)47-18-17-46-5/h6-11,16,19-20,26-27,30H,12-15,17-18,22H2,1-5H3,(H,42,44). The van der Waals surface area contributed by atoms with Crippen LogP contribution >= 0.6 is 11.6 Å². The minimum atomic E-state index is -0.813. The molecule has 1 N–H and O–H groups in total. The van der Waals surface area contributed by atoms with Gasteiger partial charge in [-0.1, -0.05) is 41.9 Å². The highest BCUT2D eigenvalue weighted by molar-refractivity contribution is 6.33. The molecular formula is C37H42ClF2N3O5. The lowest BCUT2D eigenvalue weighted by molar-refractivity contribution is -0.120. The Kier molecular flexibility index (Phi) is 12.4. The summed E-state index contributed by atoms with van der Waals surface area (Å²) in [4.78, 5) is 27.2. The predicted molar refractivity (Wildman–Crippen MR) is 180 cm³/mol. The van der Waals surface area contributed by atoms with E-state index in [9.17, 15) is 14.9 Å². The number of ether oxygens (including phenoxy) is 3. The van der Waals surface area contributed by atoms with Crippen LogP contribution in [0.5, 0.6) is 5.75 Å². The Labute approximate surface area is 285 Å². The molecule has 1 saturated carbocycles. The van der Waals surface area contributed by atoms with Crippen molar-refractivity contribution < 1.29 is 32.6 Å². The molecule has 256 valence electrons. The Morgan fingerprint density at radius 1 is 1.06 bits per heavy atom. The number of carbonyl (C=O) groups is 2. The number of amides is 2. The number of benzene rings is 3. The quantitative estimate of drug-likeness (QED) is 0.206. The first-order chi connectivity index (χ1) is 22.8. The van der Waals surface area contributed by atoms with Crippen molar-refractivity contribution in [3.63, 3.8) is 0 Å². The monoisotopic (exact) mass is 681 g/mol. The van der Waals surface area contributed by atoms with E-state index in [4.69, 9.17) is 25.8 Å². The molecule has 1 fully saturated rings. The van der Waals surface area contributed by atoms with Gasteiger partial charge in [-0.25, -0.2) is 13.6 Å². The van der Waals surface area contributed by atoms with E-state index >= 15 is 8.78 Å². The fourth-order valence-electron chi connectivity index (χ4n) is 6.06. The summed E-state index contributed by atoms with van der Waals surface area (Å²) in [5.74, 6) is -2.40. The van der Waals surface area contributed by atoms with Gasteiger partial charge >= 0.3 is 6.09 Å². The number of hydrogen-bond donors (Lipinski definition) is 1. The van der Waals surface area contributed by atoms with Crippen molar-refractivity contribution in [1.29, 1.82) is 5.26 Å². The van der Waals surface area contributed by atoms with Gasteiger partial charge in [-0.2, -0.15) is 5.26 Å². The van der Waals surface area contributed by atoms with Crippen molar-refractivity contribution >= 4 is 23.6 Å². The van der Waals surface area contributed by atoms with Crippen LogP contribution in [-0.4, -0.2) is 61.5 Å². The molecule has 3 aromatic carbocycles. The maximum Gasteiger partial charge on any atom is 0.410 e.